The van der Waals surface area contributed by atoms with E-state index < -0.39 is 18.1 Å². The average Bonchev–Trinajstić information content (AvgIpc) is 2.80. The Morgan fingerprint density at radius 2 is 1.92 bits per heavy atom. The third kappa shape index (κ3) is 4.34. The Kier molecular flexibility index (Phi) is 5.57. The Balaban J connectivity index is 1.96. The average molecular weight is 331 g/mol. The van der Waals surface area contributed by atoms with Crippen LogP contribution >= 0.6 is 0 Å². The highest BCUT2D eigenvalue weighted by atomic mass is 16.5. The van der Waals surface area contributed by atoms with Crippen LogP contribution in [0.3, 0.4) is 0 Å². The Morgan fingerprint density at radius 3 is 2.46 bits per heavy atom. The summed E-state index contributed by atoms with van der Waals surface area (Å²) in [7, 11) is 0. The fourth-order valence-corrected chi connectivity index (χ4v) is 2.23. The molecule has 24 heavy (non-hydrogen) atoms. The summed E-state index contributed by atoms with van der Waals surface area (Å²) < 4.78 is 6.65. The van der Waals surface area contributed by atoms with Crippen molar-refractivity contribution in [3.05, 3.63) is 52.8 Å². The number of carboxylic acid groups (broad SMARTS) is 1. The Morgan fingerprint density at radius 1 is 1.25 bits per heavy atom. The number of carboxylic acids is 1. The van der Waals surface area contributed by atoms with E-state index in [0.717, 1.165) is 22.5 Å². The van der Waals surface area contributed by atoms with E-state index in [4.69, 9.17) is 4.74 Å². The van der Waals surface area contributed by atoms with Gasteiger partial charge in [0.2, 0.25) is 0 Å². The molecule has 0 aliphatic rings. The van der Waals surface area contributed by atoms with E-state index in [1.54, 1.807) is 4.68 Å². The number of nitrogens with one attached hydrogen (secondary N) is 1. The molecule has 0 saturated heterocycles. The molecule has 1 heterocycles. The summed E-state index contributed by atoms with van der Waals surface area (Å²) in [6.45, 7) is 5.76. The van der Waals surface area contributed by atoms with Gasteiger partial charge >= 0.3 is 12.1 Å². The zero-order valence-corrected chi connectivity index (χ0v) is 13.9. The van der Waals surface area contributed by atoms with E-state index in [1.165, 1.54) is 0 Å². The van der Waals surface area contributed by atoms with Crippen LogP contribution in [0.15, 0.2) is 30.3 Å². The number of benzene rings is 1. The lowest BCUT2D eigenvalue weighted by molar-refractivity contribution is -0.139. The standard InChI is InChI=1S/C17H21N3O4/c1-11-12(2)19-20(13(11)3)9-15(16(21)22)18-17(23)24-10-14-7-5-4-6-8-14/h4-8,15H,9-10H2,1-3H3,(H,18,23)(H,21,22). The number of rotatable bonds is 6. The van der Waals surface area contributed by atoms with Crippen LogP contribution in [0.25, 0.3) is 0 Å². The number of alkyl carbamates (subject to hydrolysis) is 1. The third-order valence-electron chi connectivity index (χ3n) is 3.90. The van der Waals surface area contributed by atoms with Crippen molar-refractivity contribution in [1.29, 1.82) is 0 Å². The first-order valence-electron chi connectivity index (χ1n) is 7.59. The first kappa shape index (κ1) is 17.5. The number of aryl methyl sites for hydroxylation is 1. The summed E-state index contributed by atoms with van der Waals surface area (Å²) in [6, 6.07) is 8.05. The van der Waals surface area contributed by atoms with Crippen LogP contribution in [0.2, 0.25) is 0 Å². The Bertz CT molecular complexity index is 725. The fourth-order valence-electron chi connectivity index (χ4n) is 2.23. The lowest BCUT2D eigenvalue weighted by atomic mass is 10.2. The zero-order chi connectivity index (χ0) is 17.7. The highest BCUT2D eigenvalue weighted by Crippen LogP contribution is 2.11. The number of aliphatic carboxylic acids is 1. The van der Waals surface area contributed by atoms with E-state index in [9.17, 15) is 14.7 Å². The second kappa shape index (κ2) is 7.63. The molecule has 0 aliphatic carbocycles. The molecule has 2 aromatic rings. The third-order valence-corrected chi connectivity index (χ3v) is 3.90. The van der Waals surface area contributed by atoms with Gasteiger partial charge in [0.1, 0.15) is 12.6 Å². The molecule has 0 aliphatic heterocycles. The molecule has 7 heteroatoms. The molecule has 0 fully saturated rings. The SMILES string of the molecule is Cc1nn(CC(NC(=O)OCc2ccccc2)C(=O)O)c(C)c1C. The van der Waals surface area contributed by atoms with Gasteiger partial charge in [-0.15, -0.1) is 0 Å². The first-order valence-corrected chi connectivity index (χ1v) is 7.59. The van der Waals surface area contributed by atoms with Gasteiger partial charge in [-0.05, 0) is 31.9 Å². The van der Waals surface area contributed by atoms with Crippen molar-refractivity contribution in [3.63, 3.8) is 0 Å². The van der Waals surface area contributed by atoms with Gasteiger partial charge < -0.3 is 15.2 Å². The van der Waals surface area contributed by atoms with Gasteiger partial charge in [0, 0.05) is 5.69 Å². The maximum absolute atomic E-state index is 11.9. The predicted molar refractivity (Wildman–Crippen MR) is 87.6 cm³/mol. The molecule has 1 aromatic heterocycles. The summed E-state index contributed by atoms with van der Waals surface area (Å²) in [4.78, 5) is 23.3. The number of ether oxygens (including phenoxy) is 1. The van der Waals surface area contributed by atoms with Crippen LogP contribution < -0.4 is 5.32 Å². The molecule has 0 spiro atoms. The molecule has 0 saturated carbocycles. The number of aromatic nitrogens is 2. The lowest BCUT2D eigenvalue weighted by Gasteiger charge is -2.15. The molecule has 1 aromatic carbocycles. The maximum Gasteiger partial charge on any atom is 0.408 e. The van der Waals surface area contributed by atoms with Gasteiger partial charge in [-0.3, -0.25) is 4.68 Å². The van der Waals surface area contributed by atoms with Crippen LogP contribution in [0, 0.1) is 20.8 Å². The quantitative estimate of drug-likeness (QED) is 0.846. The molecular weight excluding hydrogens is 310 g/mol. The van der Waals surface area contributed by atoms with Gasteiger partial charge in [0.05, 0.1) is 12.2 Å². The number of amides is 1. The van der Waals surface area contributed by atoms with Gasteiger partial charge in [-0.1, -0.05) is 30.3 Å². The van der Waals surface area contributed by atoms with Gasteiger partial charge in [0.25, 0.3) is 0 Å². The minimum Gasteiger partial charge on any atom is -0.480 e. The summed E-state index contributed by atoms with van der Waals surface area (Å²) in [6.07, 6.45) is -0.774. The molecule has 1 atom stereocenters. The summed E-state index contributed by atoms with van der Waals surface area (Å²) in [5.74, 6) is -1.14. The van der Waals surface area contributed by atoms with Crippen molar-refractivity contribution in [2.24, 2.45) is 0 Å². The maximum atomic E-state index is 11.9. The number of hydrogen-bond donors (Lipinski definition) is 2. The highest BCUT2D eigenvalue weighted by molar-refractivity contribution is 5.79. The molecule has 2 N–H and O–H groups in total. The van der Waals surface area contributed by atoms with Crippen molar-refractivity contribution < 1.29 is 19.4 Å². The lowest BCUT2D eigenvalue weighted by Crippen LogP contribution is -2.44. The summed E-state index contributed by atoms with van der Waals surface area (Å²) in [5.41, 5.74) is 3.54. The van der Waals surface area contributed by atoms with E-state index in [1.807, 2.05) is 51.1 Å². The van der Waals surface area contributed by atoms with E-state index >= 15 is 0 Å². The van der Waals surface area contributed by atoms with Crippen LogP contribution in [-0.4, -0.2) is 33.0 Å². The molecular formula is C17H21N3O4. The minimum absolute atomic E-state index is 0.0380. The molecule has 1 unspecified atom stereocenters. The van der Waals surface area contributed by atoms with Crippen molar-refractivity contribution in [2.45, 2.75) is 40.0 Å². The largest absolute Gasteiger partial charge is 0.480 e. The molecule has 0 bridgehead atoms. The highest BCUT2D eigenvalue weighted by Gasteiger charge is 2.23. The van der Waals surface area contributed by atoms with Crippen LogP contribution in [0.4, 0.5) is 4.79 Å². The van der Waals surface area contributed by atoms with Crippen LogP contribution in [-0.2, 0) is 22.7 Å². The van der Waals surface area contributed by atoms with Crippen molar-refractivity contribution in [3.8, 4) is 0 Å². The predicted octanol–water partition coefficient (Wildman–Crippen LogP) is 2.19. The first-order chi connectivity index (χ1) is 11.4. The molecule has 128 valence electrons. The zero-order valence-electron chi connectivity index (χ0n) is 13.9. The van der Waals surface area contributed by atoms with Gasteiger partial charge in [-0.2, -0.15) is 5.10 Å². The smallest absolute Gasteiger partial charge is 0.408 e. The molecule has 2 rings (SSSR count). The van der Waals surface area contributed by atoms with Crippen LogP contribution in [0.5, 0.6) is 0 Å². The minimum atomic E-state index is -1.14. The van der Waals surface area contributed by atoms with Crippen molar-refractivity contribution >= 4 is 12.1 Å². The van der Waals surface area contributed by atoms with E-state index in [-0.39, 0.29) is 13.2 Å². The monoisotopic (exact) mass is 331 g/mol. The number of hydrogen-bond acceptors (Lipinski definition) is 4. The normalized spacial score (nSPS) is 11.8. The summed E-state index contributed by atoms with van der Waals surface area (Å²) >= 11 is 0. The second-order valence-corrected chi connectivity index (χ2v) is 5.57. The van der Waals surface area contributed by atoms with Gasteiger partial charge in [0.15, 0.2) is 0 Å². The molecule has 7 nitrogen and oxygen atoms in total. The van der Waals surface area contributed by atoms with Crippen molar-refractivity contribution in [1.82, 2.24) is 15.1 Å². The van der Waals surface area contributed by atoms with E-state index in [2.05, 4.69) is 10.4 Å². The number of carbonyl (C=O) groups excluding carboxylic acids is 1. The fraction of sp³-hybridized carbons (Fsp3) is 0.353. The van der Waals surface area contributed by atoms with Crippen LogP contribution in [0.1, 0.15) is 22.5 Å². The van der Waals surface area contributed by atoms with Gasteiger partial charge in [-0.25, -0.2) is 9.59 Å². The Hall–Kier alpha value is -2.83. The summed E-state index contributed by atoms with van der Waals surface area (Å²) in [5, 5.41) is 16.0. The number of nitrogens with zero attached hydrogens (tertiary/aromatic N) is 2. The van der Waals surface area contributed by atoms with E-state index in [0.29, 0.717) is 0 Å². The molecule has 0 radical (unpaired) electrons. The van der Waals surface area contributed by atoms with Crippen molar-refractivity contribution in [2.75, 3.05) is 0 Å². The number of carbonyl (C=O) groups is 2. The molecule has 1 amide bonds. The Labute approximate surface area is 140 Å². The second-order valence-electron chi connectivity index (χ2n) is 5.57. The topological polar surface area (TPSA) is 93.5 Å².